The molecule has 0 bridgehead atoms. The van der Waals surface area contributed by atoms with Crippen LogP contribution in [0.2, 0.25) is 5.02 Å². The van der Waals surface area contributed by atoms with E-state index in [1.165, 1.54) is 6.20 Å². The molecule has 0 radical (unpaired) electrons. The monoisotopic (exact) mass is 300 g/mol. The molecule has 0 fully saturated rings. The maximum absolute atomic E-state index is 12.1. The van der Waals surface area contributed by atoms with Crippen molar-refractivity contribution in [3.8, 4) is 11.8 Å². The number of amides is 1. The Morgan fingerprint density at radius 1 is 1.29 bits per heavy atom. The average Bonchev–Trinajstić information content (AvgIpc) is 2.52. The summed E-state index contributed by atoms with van der Waals surface area (Å²) >= 11 is 5.81. The Kier molecular flexibility index (Phi) is 5.33. The molecule has 0 saturated carbocycles. The van der Waals surface area contributed by atoms with E-state index < -0.39 is 0 Å². The van der Waals surface area contributed by atoms with Crippen molar-refractivity contribution in [1.29, 1.82) is 0 Å². The summed E-state index contributed by atoms with van der Waals surface area (Å²) in [5, 5.41) is 12.2. The molecule has 2 aromatic rings. The van der Waals surface area contributed by atoms with Crippen LogP contribution in [-0.4, -0.2) is 22.6 Å². The number of halogens is 1. The molecular weight excluding hydrogens is 288 g/mol. The molecule has 1 aromatic heterocycles. The zero-order valence-electron chi connectivity index (χ0n) is 11.1. The zero-order chi connectivity index (χ0) is 15.1. The van der Waals surface area contributed by atoms with Gasteiger partial charge in [0.1, 0.15) is 12.3 Å². The zero-order valence-corrected chi connectivity index (χ0v) is 11.9. The Labute approximate surface area is 127 Å². The number of hydrogen-bond acceptors (Lipinski definition) is 3. The topological polar surface area (TPSA) is 62.2 Å². The van der Waals surface area contributed by atoms with Gasteiger partial charge in [-0.05, 0) is 29.8 Å². The van der Waals surface area contributed by atoms with Crippen molar-refractivity contribution in [3.63, 3.8) is 0 Å². The normalized spacial score (nSPS) is 9.62. The number of aliphatic hydroxyl groups excluding tert-OH is 1. The van der Waals surface area contributed by atoms with E-state index in [1.807, 2.05) is 12.1 Å². The third-order valence-corrected chi connectivity index (χ3v) is 2.94. The first-order valence-electron chi connectivity index (χ1n) is 6.28. The SMILES string of the molecule is O=C(NCc1ccc(Cl)cc1)c1ncccc1C#CCO. The van der Waals surface area contributed by atoms with Gasteiger partial charge in [0.2, 0.25) is 0 Å². The minimum Gasteiger partial charge on any atom is -0.384 e. The van der Waals surface area contributed by atoms with Crippen molar-refractivity contribution >= 4 is 17.5 Å². The van der Waals surface area contributed by atoms with Crippen molar-refractivity contribution in [2.45, 2.75) is 6.54 Å². The number of aromatic nitrogens is 1. The second-order valence-corrected chi connectivity index (χ2v) is 4.61. The first-order valence-corrected chi connectivity index (χ1v) is 6.66. The van der Waals surface area contributed by atoms with Gasteiger partial charge in [-0.2, -0.15) is 0 Å². The van der Waals surface area contributed by atoms with E-state index in [1.54, 1.807) is 24.3 Å². The van der Waals surface area contributed by atoms with Gasteiger partial charge in [-0.25, -0.2) is 4.98 Å². The molecule has 21 heavy (non-hydrogen) atoms. The van der Waals surface area contributed by atoms with E-state index in [0.29, 0.717) is 17.1 Å². The van der Waals surface area contributed by atoms with Gasteiger partial charge in [-0.15, -0.1) is 0 Å². The lowest BCUT2D eigenvalue weighted by Gasteiger charge is -2.06. The molecule has 0 unspecified atom stereocenters. The van der Waals surface area contributed by atoms with Crippen LogP contribution in [0.15, 0.2) is 42.6 Å². The number of pyridine rings is 1. The lowest BCUT2D eigenvalue weighted by Crippen LogP contribution is -2.24. The highest BCUT2D eigenvalue weighted by Crippen LogP contribution is 2.10. The molecule has 2 N–H and O–H groups in total. The number of nitrogens with one attached hydrogen (secondary N) is 1. The molecule has 1 heterocycles. The lowest BCUT2D eigenvalue weighted by molar-refractivity contribution is 0.0945. The minimum atomic E-state index is -0.312. The van der Waals surface area contributed by atoms with Crippen LogP contribution >= 0.6 is 11.6 Å². The van der Waals surface area contributed by atoms with Gasteiger partial charge >= 0.3 is 0 Å². The van der Waals surface area contributed by atoms with Crippen LogP contribution in [0.5, 0.6) is 0 Å². The maximum atomic E-state index is 12.1. The van der Waals surface area contributed by atoms with Crippen molar-refractivity contribution in [2.75, 3.05) is 6.61 Å². The van der Waals surface area contributed by atoms with Crippen LogP contribution in [0.1, 0.15) is 21.6 Å². The summed E-state index contributed by atoms with van der Waals surface area (Å²) in [6.07, 6.45) is 1.53. The van der Waals surface area contributed by atoms with E-state index >= 15 is 0 Å². The molecule has 0 spiro atoms. The summed E-state index contributed by atoms with van der Waals surface area (Å²) in [5.74, 6) is 4.91. The first kappa shape index (κ1) is 15.0. The van der Waals surface area contributed by atoms with Gasteiger partial charge < -0.3 is 10.4 Å². The molecule has 1 amide bonds. The van der Waals surface area contributed by atoms with Crippen molar-refractivity contribution in [1.82, 2.24) is 10.3 Å². The molecule has 106 valence electrons. The molecule has 5 heteroatoms. The highest BCUT2D eigenvalue weighted by atomic mass is 35.5. The molecule has 0 saturated heterocycles. The van der Waals surface area contributed by atoms with Gasteiger partial charge in [0.25, 0.3) is 5.91 Å². The van der Waals surface area contributed by atoms with Gasteiger partial charge in [-0.1, -0.05) is 35.6 Å². The Hall–Kier alpha value is -2.35. The van der Waals surface area contributed by atoms with Crippen molar-refractivity contribution in [3.05, 3.63) is 64.4 Å². The Balaban J connectivity index is 2.08. The largest absolute Gasteiger partial charge is 0.384 e. The van der Waals surface area contributed by atoms with Crippen LogP contribution < -0.4 is 5.32 Å². The van der Waals surface area contributed by atoms with Crippen LogP contribution in [0.4, 0.5) is 0 Å². The fraction of sp³-hybridized carbons (Fsp3) is 0.125. The van der Waals surface area contributed by atoms with Crippen LogP contribution in [-0.2, 0) is 6.54 Å². The van der Waals surface area contributed by atoms with Gasteiger partial charge in [-0.3, -0.25) is 4.79 Å². The summed E-state index contributed by atoms with van der Waals surface area (Å²) in [5.41, 5.74) is 1.67. The highest BCUT2D eigenvalue weighted by Gasteiger charge is 2.10. The molecule has 0 aliphatic heterocycles. The minimum absolute atomic E-state index is 0.243. The summed E-state index contributed by atoms with van der Waals surface area (Å²) in [4.78, 5) is 16.2. The number of rotatable bonds is 3. The second-order valence-electron chi connectivity index (χ2n) is 4.17. The predicted molar refractivity (Wildman–Crippen MR) is 80.8 cm³/mol. The average molecular weight is 301 g/mol. The Morgan fingerprint density at radius 2 is 2.05 bits per heavy atom. The fourth-order valence-electron chi connectivity index (χ4n) is 1.69. The van der Waals surface area contributed by atoms with Crippen LogP contribution in [0, 0.1) is 11.8 Å². The Bertz CT molecular complexity index is 687. The van der Waals surface area contributed by atoms with Crippen molar-refractivity contribution < 1.29 is 9.90 Å². The standard InChI is InChI=1S/C16H13ClN2O2/c17-14-7-5-12(6-8-14)11-19-16(21)15-13(4-2-10-20)3-1-9-18-15/h1,3,5-9,20H,10-11H2,(H,19,21). The van der Waals surface area contributed by atoms with Gasteiger partial charge in [0.05, 0.1) is 5.56 Å². The number of hydrogen-bond donors (Lipinski definition) is 2. The first-order chi connectivity index (χ1) is 10.2. The highest BCUT2D eigenvalue weighted by molar-refractivity contribution is 6.30. The maximum Gasteiger partial charge on any atom is 0.271 e. The van der Waals surface area contributed by atoms with Gasteiger partial charge in [0.15, 0.2) is 0 Å². The Morgan fingerprint density at radius 3 is 2.76 bits per heavy atom. The molecule has 0 atom stereocenters. The molecule has 1 aromatic carbocycles. The van der Waals surface area contributed by atoms with Gasteiger partial charge in [0, 0.05) is 17.8 Å². The number of carbonyl (C=O) groups is 1. The van der Waals surface area contributed by atoms with E-state index in [-0.39, 0.29) is 18.2 Å². The number of nitrogens with zero attached hydrogens (tertiary/aromatic N) is 1. The number of carbonyl (C=O) groups excluding carboxylic acids is 1. The lowest BCUT2D eigenvalue weighted by atomic mass is 10.1. The summed E-state index contributed by atoms with van der Waals surface area (Å²) in [7, 11) is 0. The van der Waals surface area contributed by atoms with E-state index in [2.05, 4.69) is 22.1 Å². The molecule has 0 aliphatic carbocycles. The number of aliphatic hydroxyl groups is 1. The molecular formula is C16H13ClN2O2. The second kappa shape index (κ2) is 7.44. The summed E-state index contributed by atoms with van der Waals surface area (Å²) in [6, 6.07) is 10.6. The fourth-order valence-corrected chi connectivity index (χ4v) is 1.82. The summed E-state index contributed by atoms with van der Waals surface area (Å²) < 4.78 is 0. The smallest absolute Gasteiger partial charge is 0.271 e. The molecule has 4 nitrogen and oxygen atoms in total. The quantitative estimate of drug-likeness (QED) is 0.852. The molecule has 2 rings (SSSR count). The third kappa shape index (κ3) is 4.32. The molecule has 0 aliphatic rings. The van der Waals surface area contributed by atoms with E-state index in [4.69, 9.17) is 16.7 Å². The van der Waals surface area contributed by atoms with Crippen LogP contribution in [0.25, 0.3) is 0 Å². The third-order valence-electron chi connectivity index (χ3n) is 2.69. The predicted octanol–water partition coefficient (Wildman–Crippen LogP) is 2.01. The van der Waals surface area contributed by atoms with E-state index in [9.17, 15) is 4.79 Å². The number of benzene rings is 1. The van der Waals surface area contributed by atoms with Crippen LogP contribution in [0.3, 0.4) is 0 Å². The summed E-state index contributed by atoms with van der Waals surface area (Å²) in [6.45, 7) is 0.111. The van der Waals surface area contributed by atoms with E-state index in [0.717, 1.165) is 5.56 Å². The van der Waals surface area contributed by atoms with Crippen molar-refractivity contribution in [2.24, 2.45) is 0 Å².